The molecule has 192 valence electrons. The second-order valence-electron chi connectivity index (χ2n) is 8.06. The van der Waals surface area contributed by atoms with Crippen molar-refractivity contribution in [1.82, 2.24) is 14.3 Å². The van der Waals surface area contributed by atoms with Crippen molar-refractivity contribution in [3.05, 3.63) is 48.0 Å². The number of carboxylic acids is 1. The van der Waals surface area contributed by atoms with Crippen LogP contribution in [0.15, 0.2) is 36.7 Å². The van der Waals surface area contributed by atoms with Gasteiger partial charge in [-0.2, -0.15) is 17.5 Å². The van der Waals surface area contributed by atoms with E-state index < -0.39 is 33.2 Å². The maximum absolute atomic E-state index is 13.1. The van der Waals surface area contributed by atoms with Gasteiger partial charge in [-0.3, -0.25) is 0 Å². The molecule has 0 amide bonds. The number of carboxylic acid groups (broad SMARTS) is 1. The minimum absolute atomic E-state index is 0.0704. The summed E-state index contributed by atoms with van der Waals surface area (Å²) in [6.07, 6.45) is -1.55. The third-order valence-electron chi connectivity index (χ3n) is 5.78. The molecule has 14 heteroatoms. The molecule has 1 aromatic carbocycles. The van der Waals surface area contributed by atoms with Gasteiger partial charge in [-0.15, -0.1) is 0 Å². The molecular weight excluding hydrogens is 496 g/mol. The molecule has 1 N–H and O–H groups in total. The highest BCUT2D eigenvalue weighted by Crippen LogP contribution is 2.36. The SMILES string of the molecule is COc1cccc(CN2C[C@H]3CCN(c4ncc(F)cn4)CC[C@H]3S2(=O)=O)c1.O=C(O)C(F)(F)F. The quantitative estimate of drug-likeness (QED) is 0.613. The summed E-state index contributed by atoms with van der Waals surface area (Å²) in [6, 6.07) is 7.50. The Morgan fingerprint density at radius 1 is 1.20 bits per heavy atom. The lowest BCUT2D eigenvalue weighted by Gasteiger charge is -2.22. The number of halogens is 4. The van der Waals surface area contributed by atoms with Crippen LogP contribution in [0.3, 0.4) is 0 Å². The Balaban J connectivity index is 0.000000429. The molecule has 9 nitrogen and oxygen atoms in total. The lowest BCUT2D eigenvalue weighted by atomic mass is 10.0. The number of carbonyl (C=O) groups is 1. The van der Waals surface area contributed by atoms with Crippen molar-refractivity contribution in [2.45, 2.75) is 30.8 Å². The van der Waals surface area contributed by atoms with Gasteiger partial charge in [0.05, 0.1) is 24.8 Å². The molecule has 1 aromatic heterocycles. The predicted molar refractivity (Wildman–Crippen MR) is 117 cm³/mol. The van der Waals surface area contributed by atoms with E-state index in [0.29, 0.717) is 38.5 Å². The maximum Gasteiger partial charge on any atom is 0.490 e. The molecule has 0 saturated carbocycles. The third kappa shape index (κ3) is 6.57. The number of hydrogen-bond acceptors (Lipinski definition) is 7. The number of nitrogens with zero attached hydrogens (tertiary/aromatic N) is 4. The number of rotatable bonds is 4. The normalized spacial score (nSPS) is 21.9. The zero-order valence-electron chi connectivity index (χ0n) is 18.7. The molecule has 4 rings (SSSR count). The van der Waals surface area contributed by atoms with E-state index in [-0.39, 0.29) is 5.92 Å². The van der Waals surface area contributed by atoms with Gasteiger partial charge in [-0.1, -0.05) is 12.1 Å². The molecule has 0 aliphatic carbocycles. The molecule has 3 heterocycles. The second-order valence-corrected chi connectivity index (χ2v) is 10.2. The summed E-state index contributed by atoms with van der Waals surface area (Å²) < 4.78 is 77.9. The zero-order valence-corrected chi connectivity index (χ0v) is 19.5. The first-order valence-electron chi connectivity index (χ1n) is 10.6. The first-order valence-corrected chi connectivity index (χ1v) is 12.1. The van der Waals surface area contributed by atoms with Gasteiger partial charge < -0.3 is 14.7 Å². The Kier molecular flexibility index (Phi) is 8.15. The smallest absolute Gasteiger partial charge is 0.490 e. The van der Waals surface area contributed by atoms with Crippen LogP contribution in [0, 0.1) is 11.7 Å². The summed E-state index contributed by atoms with van der Waals surface area (Å²) in [4.78, 5) is 18.9. The van der Waals surface area contributed by atoms with Crippen molar-refractivity contribution in [2.24, 2.45) is 5.92 Å². The monoisotopic (exact) mass is 520 g/mol. The number of fused-ring (bicyclic) bond motifs is 1. The number of hydrogen-bond donors (Lipinski definition) is 1. The highest BCUT2D eigenvalue weighted by Gasteiger charge is 2.47. The lowest BCUT2D eigenvalue weighted by Crippen LogP contribution is -2.32. The molecule has 2 atom stereocenters. The molecule has 0 unspecified atom stereocenters. The van der Waals surface area contributed by atoms with Gasteiger partial charge in [-0.25, -0.2) is 27.6 Å². The summed E-state index contributed by atoms with van der Waals surface area (Å²) in [7, 11) is -1.78. The van der Waals surface area contributed by atoms with Gasteiger partial charge in [0.25, 0.3) is 0 Å². The molecule has 0 radical (unpaired) electrons. The second kappa shape index (κ2) is 10.7. The van der Waals surface area contributed by atoms with E-state index >= 15 is 0 Å². The average molecular weight is 521 g/mol. The summed E-state index contributed by atoms with van der Waals surface area (Å²) in [5.41, 5.74) is 0.917. The van der Waals surface area contributed by atoms with Crippen LogP contribution >= 0.6 is 0 Å². The molecule has 2 saturated heterocycles. The minimum Gasteiger partial charge on any atom is -0.497 e. The molecule has 0 spiro atoms. The van der Waals surface area contributed by atoms with Crippen molar-refractivity contribution >= 4 is 21.9 Å². The van der Waals surface area contributed by atoms with Crippen LogP contribution in [-0.4, -0.2) is 71.9 Å². The van der Waals surface area contributed by atoms with Gasteiger partial charge in [0.1, 0.15) is 5.75 Å². The van der Waals surface area contributed by atoms with E-state index in [9.17, 15) is 26.0 Å². The Hall–Kier alpha value is -3.00. The van der Waals surface area contributed by atoms with E-state index in [1.807, 2.05) is 29.2 Å². The Bertz CT molecular complexity index is 1130. The zero-order chi connectivity index (χ0) is 25.8. The number of ether oxygens (including phenoxy) is 1. The van der Waals surface area contributed by atoms with Gasteiger partial charge in [-0.05, 0) is 36.5 Å². The number of benzene rings is 1. The third-order valence-corrected chi connectivity index (χ3v) is 8.17. The number of sulfonamides is 1. The van der Waals surface area contributed by atoms with Crippen LogP contribution in [0.1, 0.15) is 18.4 Å². The first-order chi connectivity index (χ1) is 16.4. The molecule has 2 fully saturated rings. The molecule has 35 heavy (non-hydrogen) atoms. The summed E-state index contributed by atoms with van der Waals surface area (Å²) in [5.74, 6) is -2.00. The van der Waals surface area contributed by atoms with Crippen LogP contribution in [0.25, 0.3) is 0 Å². The van der Waals surface area contributed by atoms with Crippen LogP contribution < -0.4 is 9.64 Å². The number of aromatic nitrogens is 2. The lowest BCUT2D eigenvalue weighted by molar-refractivity contribution is -0.192. The van der Waals surface area contributed by atoms with Gasteiger partial charge >= 0.3 is 12.1 Å². The summed E-state index contributed by atoms with van der Waals surface area (Å²) >= 11 is 0. The van der Waals surface area contributed by atoms with Crippen molar-refractivity contribution in [3.63, 3.8) is 0 Å². The molecular formula is C21H24F4N4O5S. The number of methoxy groups -OCH3 is 1. The fourth-order valence-corrected chi connectivity index (χ4v) is 6.32. The highest BCUT2D eigenvalue weighted by atomic mass is 32.2. The van der Waals surface area contributed by atoms with E-state index in [0.717, 1.165) is 30.1 Å². The molecule has 2 aromatic rings. The first kappa shape index (κ1) is 26.6. The largest absolute Gasteiger partial charge is 0.497 e. The van der Waals surface area contributed by atoms with E-state index in [1.165, 1.54) is 0 Å². The van der Waals surface area contributed by atoms with Crippen LogP contribution in [0.5, 0.6) is 5.75 Å². The standard InChI is InChI=1S/C19H23FN4O3S.C2HF3O2/c1-27-17-4-2-3-14(9-17)12-24-13-15-5-7-23(8-6-18(15)28(24,25)26)19-21-10-16(20)11-22-19;3-2(4,5)1(6)7/h2-4,9-11,15,18H,5-8,12-13H2,1H3;(H,6,7)/t15-,18-;/m1./s1. The summed E-state index contributed by atoms with van der Waals surface area (Å²) in [6.45, 7) is 2.08. The van der Waals surface area contributed by atoms with E-state index in [2.05, 4.69) is 9.97 Å². The Morgan fingerprint density at radius 2 is 1.83 bits per heavy atom. The van der Waals surface area contributed by atoms with Crippen molar-refractivity contribution < 1.29 is 40.6 Å². The van der Waals surface area contributed by atoms with Crippen molar-refractivity contribution in [1.29, 1.82) is 0 Å². The van der Waals surface area contributed by atoms with Gasteiger partial charge in [0.15, 0.2) is 5.82 Å². The van der Waals surface area contributed by atoms with E-state index in [4.69, 9.17) is 14.6 Å². The van der Waals surface area contributed by atoms with E-state index in [1.54, 1.807) is 11.4 Å². The summed E-state index contributed by atoms with van der Waals surface area (Å²) in [5, 5.41) is 6.73. The fraction of sp³-hybridized carbons (Fsp3) is 0.476. The highest BCUT2D eigenvalue weighted by molar-refractivity contribution is 7.90. The Morgan fingerprint density at radius 3 is 2.43 bits per heavy atom. The van der Waals surface area contributed by atoms with Gasteiger partial charge in [0.2, 0.25) is 16.0 Å². The molecule has 2 aliphatic rings. The fourth-order valence-electron chi connectivity index (χ4n) is 4.09. The maximum atomic E-state index is 13.1. The minimum atomic E-state index is -5.08. The topological polar surface area (TPSA) is 113 Å². The molecule has 2 aliphatic heterocycles. The van der Waals surface area contributed by atoms with Crippen LogP contribution in [0.2, 0.25) is 0 Å². The Labute approximate surface area is 199 Å². The van der Waals surface area contributed by atoms with Gasteiger partial charge in [0, 0.05) is 26.2 Å². The number of aliphatic carboxylic acids is 1. The van der Waals surface area contributed by atoms with Crippen LogP contribution in [-0.2, 0) is 21.4 Å². The van der Waals surface area contributed by atoms with Crippen LogP contribution in [0.4, 0.5) is 23.5 Å². The van der Waals surface area contributed by atoms with Crippen molar-refractivity contribution in [2.75, 3.05) is 31.6 Å². The number of anilines is 1. The average Bonchev–Trinajstić information content (AvgIpc) is 2.93. The van der Waals surface area contributed by atoms with Crippen molar-refractivity contribution in [3.8, 4) is 5.75 Å². The number of alkyl halides is 3. The predicted octanol–water partition coefficient (Wildman–Crippen LogP) is 2.69. The molecule has 0 bridgehead atoms.